The molecule has 2 aromatic rings. The third-order valence-electron chi connectivity index (χ3n) is 3.94. The maximum atomic E-state index is 12.9. The van der Waals surface area contributed by atoms with Gasteiger partial charge in [0.15, 0.2) is 0 Å². The van der Waals surface area contributed by atoms with E-state index in [1.165, 1.54) is 0 Å². The second-order valence-electron chi connectivity index (χ2n) is 6.43. The molecule has 2 rings (SSSR count). The molecule has 136 valence electrons. The number of aliphatic imine (C=N–C) groups is 1. The van der Waals surface area contributed by atoms with E-state index < -0.39 is 0 Å². The van der Waals surface area contributed by atoms with E-state index in [2.05, 4.69) is 17.0 Å². The Hall–Kier alpha value is -2.14. The Morgan fingerprint density at radius 2 is 2.00 bits per heavy atom. The van der Waals surface area contributed by atoms with Gasteiger partial charge in [0.25, 0.3) is 5.56 Å². The van der Waals surface area contributed by atoms with Crippen molar-refractivity contribution in [3.8, 4) is 5.69 Å². The predicted molar refractivity (Wildman–Crippen MR) is 103 cm³/mol. The highest BCUT2D eigenvalue weighted by Gasteiger charge is 2.16. The molecule has 25 heavy (non-hydrogen) atoms. The van der Waals surface area contributed by atoms with Crippen LogP contribution in [0, 0.1) is 0 Å². The summed E-state index contributed by atoms with van der Waals surface area (Å²) in [5.41, 5.74) is 3.26. The van der Waals surface area contributed by atoms with Crippen molar-refractivity contribution < 1.29 is 4.74 Å². The van der Waals surface area contributed by atoms with Crippen molar-refractivity contribution in [1.82, 2.24) is 9.78 Å². The van der Waals surface area contributed by atoms with Crippen LogP contribution in [-0.2, 0) is 11.2 Å². The molecule has 0 bridgehead atoms. The van der Waals surface area contributed by atoms with Gasteiger partial charge in [0, 0.05) is 24.6 Å². The fraction of sp³-hybridized carbons (Fsp3) is 0.500. The number of benzene rings is 1. The van der Waals surface area contributed by atoms with Gasteiger partial charge in [-0.1, -0.05) is 31.5 Å². The summed E-state index contributed by atoms with van der Waals surface area (Å²) in [5.74, 6) is 0. The summed E-state index contributed by atoms with van der Waals surface area (Å²) in [5, 5.41) is 3.26. The largest absolute Gasteiger partial charge is 0.379 e. The van der Waals surface area contributed by atoms with Gasteiger partial charge >= 0.3 is 0 Å². The molecule has 0 atom stereocenters. The number of hydrogen-bond donors (Lipinski definition) is 1. The van der Waals surface area contributed by atoms with Crippen molar-refractivity contribution in [3.63, 3.8) is 0 Å². The zero-order chi connectivity index (χ0) is 18.2. The van der Waals surface area contributed by atoms with Crippen molar-refractivity contribution in [2.24, 2.45) is 4.99 Å². The number of ether oxygens (including phenoxy) is 1. The molecule has 0 fully saturated rings. The second-order valence-corrected chi connectivity index (χ2v) is 6.43. The summed E-state index contributed by atoms with van der Waals surface area (Å²) in [6, 6.07) is 9.65. The van der Waals surface area contributed by atoms with E-state index in [4.69, 9.17) is 4.74 Å². The SMILES string of the molecule is CCCc1[nH]n(-c2ccccc2)c(=O)c1C(C)=NCCCOC(C)C. The van der Waals surface area contributed by atoms with Gasteiger partial charge < -0.3 is 4.74 Å². The molecule has 0 unspecified atom stereocenters. The van der Waals surface area contributed by atoms with Crippen LogP contribution in [-0.4, -0.2) is 34.7 Å². The van der Waals surface area contributed by atoms with Gasteiger partial charge in [-0.15, -0.1) is 0 Å². The van der Waals surface area contributed by atoms with Crippen molar-refractivity contribution in [3.05, 3.63) is 51.9 Å². The molecule has 5 nitrogen and oxygen atoms in total. The molecule has 0 radical (unpaired) electrons. The number of aryl methyl sites for hydroxylation is 1. The van der Waals surface area contributed by atoms with Crippen LogP contribution in [0.15, 0.2) is 40.1 Å². The number of H-pyrrole nitrogens is 1. The predicted octanol–water partition coefficient (Wildman–Crippen LogP) is 3.74. The quantitative estimate of drug-likeness (QED) is 0.557. The van der Waals surface area contributed by atoms with Gasteiger partial charge in [-0.25, -0.2) is 4.68 Å². The first-order valence-electron chi connectivity index (χ1n) is 9.07. The monoisotopic (exact) mass is 343 g/mol. The van der Waals surface area contributed by atoms with E-state index in [9.17, 15) is 4.79 Å². The first-order chi connectivity index (χ1) is 12.0. The number of aromatic nitrogens is 2. The molecule has 0 aliphatic carbocycles. The molecule has 0 aliphatic heterocycles. The summed E-state index contributed by atoms with van der Waals surface area (Å²) in [6.07, 6.45) is 2.89. The maximum Gasteiger partial charge on any atom is 0.280 e. The van der Waals surface area contributed by atoms with E-state index in [0.717, 1.165) is 36.4 Å². The van der Waals surface area contributed by atoms with Crippen LogP contribution in [0.5, 0.6) is 0 Å². The van der Waals surface area contributed by atoms with Crippen LogP contribution >= 0.6 is 0 Å². The highest BCUT2D eigenvalue weighted by atomic mass is 16.5. The topological polar surface area (TPSA) is 59.4 Å². The minimum absolute atomic E-state index is 0.0330. The molecular formula is C20H29N3O2. The molecule has 1 heterocycles. The van der Waals surface area contributed by atoms with Gasteiger partial charge in [-0.05, 0) is 45.7 Å². The first kappa shape index (κ1) is 19.2. The average molecular weight is 343 g/mol. The Bertz CT molecular complexity index is 742. The van der Waals surface area contributed by atoms with E-state index in [-0.39, 0.29) is 11.7 Å². The van der Waals surface area contributed by atoms with Gasteiger partial charge in [-0.3, -0.25) is 14.9 Å². The molecular weight excluding hydrogens is 314 g/mol. The fourth-order valence-corrected chi connectivity index (χ4v) is 2.75. The third-order valence-corrected chi connectivity index (χ3v) is 3.94. The lowest BCUT2D eigenvalue weighted by molar-refractivity contribution is 0.0783. The van der Waals surface area contributed by atoms with E-state index >= 15 is 0 Å². The summed E-state index contributed by atoms with van der Waals surface area (Å²) >= 11 is 0. The van der Waals surface area contributed by atoms with E-state index in [0.29, 0.717) is 18.7 Å². The standard InChI is InChI=1S/C20H29N3O2/c1-5-10-18-19(16(4)21-13-9-14-25-15(2)3)20(24)23(22-18)17-11-7-6-8-12-17/h6-8,11-12,15,22H,5,9-10,13-14H2,1-4H3. The number of hydrogen-bond acceptors (Lipinski definition) is 3. The fourth-order valence-electron chi connectivity index (χ4n) is 2.75. The van der Waals surface area contributed by atoms with Crippen LogP contribution in [0.2, 0.25) is 0 Å². The number of para-hydroxylation sites is 1. The second kappa shape index (κ2) is 9.37. The zero-order valence-corrected chi connectivity index (χ0v) is 15.7. The average Bonchev–Trinajstić information content (AvgIpc) is 2.91. The number of aromatic amines is 1. The molecule has 1 aromatic heterocycles. The normalized spacial score (nSPS) is 12.1. The molecule has 0 saturated heterocycles. The number of nitrogens with one attached hydrogen (secondary N) is 1. The molecule has 0 saturated carbocycles. The highest BCUT2D eigenvalue weighted by Crippen LogP contribution is 2.11. The summed E-state index contributed by atoms with van der Waals surface area (Å²) in [4.78, 5) is 17.5. The van der Waals surface area contributed by atoms with Crippen LogP contribution in [0.1, 0.15) is 51.8 Å². The van der Waals surface area contributed by atoms with Crippen LogP contribution < -0.4 is 5.56 Å². The Morgan fingerprint density at radius 3 is 2.64 bits per heavy atom. The lowest BCUT2D eigenvalue weighted by atomic mass is 10.1. The van der Waals surface area contributed by atoms with Crippen LogP contribution in [0.4, 0.5) is 0 Å². The minimum atomic E-state index is -0.0330. The first-order valence-corrected chi connectivity index (χ1v) is 9.07. The third kappa shape index (κ3) is 5.16. The molecule has 0 aliphatic rings. The van der Waals surface area contributed by atoms with Crippen molar-refractivity contribution in [2.75, 3.05) is 13.2 Å². The van der Waals surface area contributed by atoms with E-state index in [1.54, 1.807) is 4.68 Å². The van der Waals surface area contributed by atoms with Crippen molar-refractivity contribution in [2.45, 2.75) is 53.1 Å². The van der Waals surface area contributed by atoms with Crippen LogP contribution in [0.25, 0.3) is 5.69 Å². The molecule has 5 heteroatoms. The molecule has 0 spiro atoms. The summed E-state index contributed by atoms with van der Waals surface area (Å²) < 4.78 is 7.15. The lowest BCUT2D eigenvalue weighted by Crippen LogP contribution is -2.20. The summed E-state index contributed by atoms with van der Waals surface area (Å²) in [7, 11) is 0. The summed E-state index contributed by atoms with van der Waals surface area (Å²) in [6.45, 7) is 9.44. The van der Waals surface area contributed by atoms with Crippen LogP contribution in [0.3, 0.4) is 0 Å². The van der Waals surface area contributed by atoms with E-state index in [1.807, 2.05) is 51.1 Å². The molecule has 1 N–H and O–H groups in total. The van der Waals surface area contributed by atoms with Crippen molar-refractivity contribution in [1.29, 1.82) is 0 Å². The molecule has 0 amide bonds. The Morgan fingerprint density at radius 1 is 1.28 bits per heavy atom. The van der Waals surface area contributed by atoms with Gasteiger partial charge in [0.05, 0.1) is 17.4 Å². The van der Waals surface area contributed by atoms with Gasteiger partial charge in [0.2, 0.25) is 0 Å². The van der Waals surface area contributed by atoms with Gasteiger partial charge in [0.1, 0.15) is 0 Å². The molecule has 1 aromatic carbocycles. The highest BCUT2D eigenvalue weighted by molar-refractivity contribution is 5.99. The maximum absolute atomic E-state index is 12.9. The zero-order valence-electron chi connectivity index (χ0n) is 15.7. The van der Waals surface area contributed by atoms with Gasteiger partial charge in [-0.2, -0.15) is 0 Å². The Labute approximate surface area is 149 Å². The Balaban J connectivity index is 2.23. The number of nitrogens with zero attached hydrogens (tertiary/aromatic N) is 2. The lowest BCUT2D eigenvalue weighted by Gasteiger charge is -2.06. The van der Waals surface area contributed by atoms with Crippen molar-refractivity contribution >= 4 is 5.71 Å². The number of rotatable bonds is 9. The Kier molecular flexibility index (Phi) is 7.19. The smallest absolute Gasteiger partial charge is 0.280 e. The minimum Gasteiger partial charge on any atom is -0.379 e.